The highest BCUT2D eigenvalue weighted by Crippen LogP contribution is 2.30. The summed E-state index contributed by atoms with van der Waals surface area (Å²) < 4.78 is 50.6. The quantitative estimate of drug-likeness (QED) is 0.782. The Labute approximate surface area is 97.8 Å². The van der Waals surface area contributed by atoms with Gasteiger partial charge in [0.2, 0.25) is 0 Å². The van der Waals surface area contributed by atoms with E-state index in [0.717, 1.165) is 0 Å². The number of halogens is 4. The van der Waals surface area contributed by atoms with Crippen molar-refractivity contribution in [3.8, 4) is 0 Å². The molecule has 1 N–H and O–H groups in total. The molecule has 0 saturated carbocycles. The van der Waals surface area contributed by atoms with E-state index in [1.807, 2.05) is 6.92 Å². The lowest BCUT2D eigenvalue weighted by Crippen LogP contribution is -2.28. The standard InChI is InChI=1S/C12H15F4N/c1-2-7-17-11(8-12(14,15)16)9-5-3-4-6-10(9)13/h3-6,11,17H,2,7-8H2,1H3. The summed E-state index contributed by atoms with van der Waals surface area (Å²) in [6, 6.07) is 4.54. The first-order chi connectivity index (χ1) is 7.94. The second-order valence-electron chi connectivity index (χ2n) is 3.85. The van der Waals surface area contributed by atoms with Crippen LogP contribution in [0.2, 0.25) is 0 Å². The number of nitrogens with one attached hydrogen (secondary N) is 1. The van der Waals surface area contributed by atoms with Crippen molar-refractivity contribution < 1.29 is 17.6 Å². The van der Waals surface area contributed by atoms with Gasteiger partial charge in [-0.1, -0.05) is 25.1 Å². The first kappa shape index (κ1) is 14.0. The molecule has 1 nitrogen and oxygen atoms in total. The Kier molecular flexibility index (Phi) is 4.93. The van der Waals surface area contributed by atoms with Crippen LogP contribution in [0, 0.1) is 5.82 Å². The molecule has 0 saturated heterocycles. The van der Waals surface area contributed by atoms with Crippen molar-refractivity contribution in [2.45, 2.75) is 32.0 Å². The molecular formula is C12H15F4N. The predicted octanol–water partition coefficient (Wildman–Crippen LogP) is 3.82. The molecule has 1 atom stereocenters. The highest BCUT2D eigenvalue weighted by Gasteiger charge is 2.33. The van der Waals surface area contributed by atoms with Crippen molar-refractivity contribution in [3.63, 3.8) is 0 Å². The van der Waals surface area contributed by atoms with Gasteiger partial charge in [0.1, 0.15) is 5.82 Å². The minimum absolute atomic E-state index is 0.0678. The van der Waals surface area contributed by atoms with E-state index in [1.165, 1.54) is 24.3 Å². The molecule has 1 aromatic rings. The zero-order valence-corrected chi connectivity index (χ0v) is 9.52. The largest absolute Gasteiger partial charge is 0.390 e. The van der Waals surface area contributed by atoms with Gasteiger partial charge in [-0.15, -0.1) is 0 Å². The molecule has 1 aromatic carbocycles. The van der Waals surface area contributed by atoms with Gasteiger partial charge in [-0.2, -0.15) is 13.2 Å². The molecule has 0 aliphatic heterocycles. The van der Waals surface area contributed by atoms with Gasteiger partial charge in [0, 0.05) is 11.6 Å². The zero-order chi connectivity index (χ0) is 12.9. The highest BCUT2D eigenvalue weighted by atomic mass is 19.4. The van der Waals surface area contributed by atoms with Crippen LogP contribution in [0.3, 0.4) is 0 Å². The van der Waals surface area contributed by atoms with Crippen molar-refractivity contribution in [3.05, 3.63) is 35.6 Å². The normalized spacial score (nSPS) is 13.7. The van der Waals surface area contributed by atoms with Gasteiger partial charge in [-0.3, -0.25) is 0 Å². The molecule has 0 spiro atoms. The molecular weight excluding hydrogens is 234 g/mol. The van der Waals surface area contributed by atoms with Crippen molar-refractivity contribution in [2.75, 3.05) is 6.54 Å². The number of alkyl halides is 3. The van der Waals surface area contributed by atoms with Crippen LogP contribution in [0.5, 0.6) is 0 Å². The van der Waals surface area contributed by atoms with Crippen LogP contribution in [-0.4, -0.2) is 12.7 Å². The van der Waals surface area contributed by atoms with Gasteiger partial charge in [-0.25, -0.2) is 4.39 Å². The second-order valence-corrected chi connectivity index (χ2v) is 3.85. The van der Waals surface area contributed by atoms with E-state index in [2.05, 4.69) is 5.32 Å². The number of benzene rings is 1. The molecule has 0 radical (unpaired) electrons. The van der Waals surface area contributed by atoms with E-state index in [0.29, 0.717) is 13.0 Å². The molecule has 0 bridgehead atoms. The van der Waals surface area contributed by atoms with Gasteiger partial charge in [0.15, 0.2) is 0 Å². The van der Waals surface area contributed by atoms with Crippen molar-refractivity contribution in [1.29, 1.82) is 0 Å². The van der Waals surface area contributed by atoms with E-state index >= 15 is 0 Å². The molecule has 0 aliphatic carbocycles. The first-order valence-corrected chi connectivity index (χ1v) is 5.48. The van der Waals surface area contributed by atoms with Crippen LogP contribution in [0.15, 0.2) is 24.3 Å². The Bertz CT molecular complexity index is 349. The van der Waals surface area contributed by atoms with E-state index < -0.39 is 24.5 Å². The number of rotatable bonds is 5. The van der Waals surface area contributed by atoms with Crippen LogP contribution < -0.4 is 5.32 Å². The van der Waals surface area contributed by atoms with Crippen LogP contribution in [-0.2, 0) is 0 Å². The molecule has 0 fully saturated rings. The summed E-state index contributed by atoms with van der Waals surface area (Å²) in [5.74, 6) is -0.606. The maximum absolute atomic E-state index is 13.4. The van der Waals surface area contributed by atoms with Gasteiger partial charge in [0.05, 0.1) is 6.42 Å². The zero-order valence-electron chi connectivity index (χ0n) is 9.52. The third-order valence-corrected chi connectivity index (χ3v) is 2.36. The molecule has 0 aliphatic rings. The van der Waals surface area contributed by atoms with Crippen molar-refractivity contribution in [2.24, 2.45) is 0 Å². The summed E-state index contributed by atoms with van der Waals surface area (Å²) in [4.78, 5) is 0. The van der Waals surface area contributed by atoms with Gasteiger partial charge in [-0.05, 0) is 19.0 Å². The topological polar surface area (TPSA) is 12.0 Å². The Morgan fingerprint density at radius 3 is 2.41 bits per heavy atom. The minimum Gasteiger partial charge on any atom is -0.310 e. The SMILES string of the molecule is CCCNC(CC(F)(F)F)c1ccccc1F. The monoisotopic (exact) mass is 249 g/mol. The fourth-order valence-corrected chi connectivity index (χ4v) is 1.60. The summed E-state index contributed by atoms with van der Waals surface area (Å²) in [6.07, 6.45) is -4.68. The summed E-state index contributed by atoms with van der Waals surface area (Å²) >= 11 is 0. The van der Waals surface area contributed by atoms with Gasteiger partial charge < -0.3 is 5.32 Å². The molecule has 1 rings (SSSR count). The van der Waals surface area contributed by atoms with Crippen LogP contribution in [0.4, 0.5) is 17.6 Å². The van der Waals surface area contributed by atoms with Crippen LogP contribution >= 0.6 is 0 Å². The van der Waals surface area contributed by atoms with Gasteiger partial charge in [0.25, 0.3) is 0 Å². The van der Waals surface area contributed by atoms with E-state index in [-0.39, 0.29) is 5.56 Å². The molecule has 0 heterocycles. The molecule has 0 aromatic heterocycles. The Hall–Kier alpha value is -1.10. The third-order valence-electron chi connectivity index (χ3n) is 2.36. The molecule has 0 amide bonds. The lowest BCUT2D eigenvalue weighted by molar-refractivity contribution is -0.140. The van der Waals surface area contributed by atoms with Gasteiger partial charge >= 0.3 is 6.18 Å². The first-order valence-electron chi connectivity index (χ1n) is 5.48. The predicted molar refractivity (Wildman–Crippen MR) is 58.1 cm³/mol. The number of hydrogen-bond donors (Lipinski definition) is 1. The van der Waals surface area contributed by atoms with Crippen molar-refractivity contribution >= 4 is 0 Å². The van der Waals surface area contributed by atoms with E-state index in [9.17, 15) is 17.6 Å². The average molecular weight is 249 g/mol. The number of hydrogen-bond acceptors (Lipinski definition) is 1. The van der Waals surface area contributed by atoms with E-state index in [1.54, 1.807) is 0 Å². The fraction of sp³-hybridized carbons (Fsp3) is 0.500. The lowest BCUT2D eigenvalue weighted by atomic mass is 10.0. The summed E-state index contributed by atoms with van der Waals surface area (Å²) in [6.45, 7) is 2.27. The molecule has 1 unspecified atom stereocenters. The summed E-state index contributed by atoms with van der Waals surface area (Å²) in [5.41, 5.74) is 0.0678. The summed E-state index contributed by atoms with van der Waals surface area (Å²) in [5, 5.41) is 2.72. The average Bonchev–Trinajstić information content (AvgIpc) is 2.23. The summed E-state index contributed by atoms with van der Waals surface area (Å²) in [7, 11) is 0. The van der Waals surface area contributed by atoms with E-state index in [4.69, 9.17) is 0 Å². The highest BCUT2D eigenvalue weighted by molar-refractivity contribution is 5.21. The Morgan fingerprint density at radius 2 is 1.88 bits per heavy atom. The second kappa shape index (κ2) is 6.00. The lowest BCUT2D eigenvalue weighted by Gasteiger charge is -2.20. The molecule has 96 valence electrons. The smallest absolute Gasteiger partial charge is 0.310 e. The molecule has 5 heteroatoms. The Morgan fingerprint density at radius 1 is 1.24 bits per heavy atom. The van der Waals surface area contributed by atoms with Crippen LogP contribution in [0.1, 0.15) is 31.4 Å². The molecule has 17 heavy (non-hydrogen) atoms. The Balaban J connectivity index is 2.86. The van der Waals surface area contributed by atoms with Crippen molar-refractivity contribution in [1.82, 2.24) is 5.32 Å². The minimum atomic E-state index is -4.31. The maximum Gasteiger partial charge on any atom is 0.390 e. The maximum atomic E-state index is 13.4. The third kappa shape index (κ3) is 4.73. The fourth-order valence-electron chi connectivity index (χ4n) is 1.60. The van der Waals surface area contributed by atoms with Crippen LogP contribution in [0.25, 0.3) is 0 Å².